The molecule has 1 fully saturated rings. The Morgan fingerprint density at radius 3 is 2.88 bits per heavy atom. The molecule has 4 heteroatoms. The molecule has 0 aromatic heterocycles. The van der Waals surface area contributed by atoms with Crippen LogP contribution < -0.4 is 5.32 Å². The van der Waals surface area contributed by atoms with Gasteiger partial charge in [0.25, 0.3) is 0 Å². The van der Waals surface area contributed by atoms with Gasteiger partial charge in [-0.25, -0.2) is 4.39 Å². The van der Waals surface area contributed by atoms with E-state index in [1.165, 1.54) is 6.07 Å². The van der Waals surface area contributed by atoms with E-state index in [4.69, 9.17) is 16.3 Å². The van der Waals surface area contributed by atoms with Gasteiger partial charge in [-0.1, -0.05) is 11.6 Å². The standard InChI is InChI=1S/C13H17ClFNO/c1-13(2)6-5-10(17-13)8-16-9-3-4-11(14)12(15)7-9/h3-4,7,10,16H,5-6,8H2,1-2H3. The van der Waals surface area contributed by atoms with Crippen LogP contribution in [0, 0.1) is 5.82 Å². The number of rotatable bonds is 3. The van der Waals surface area contributed by atoms with Crippen molar-refractivity contribution in [3.63, 3.8) is 0 Å². The quantitative estimate of drug-likeness (QED) is 0.888. The zero-order valence-electron chi connectivity index (χ0n) is 10.1. The van der Waals surface area contributed by atoms with E-state index in [0.29, 0.717) is 6.54 Å². The second-order valence-electron chi connectivity index (χ2n) is 5.05. The third-order valence-electron chi connectivity index (χ3n) is 3.01. The van der Waals surface area contributed by atoms with E-state index in [1.807, 2.05) is 0 Å². The SMILES string of the molecule is CC1(C)CCC(CNc2ccc(Cl)c(F)c2)O1. The van der Waals surface area contributed by atoms with Crippen molar-refractivity contribution >= 4 is 17.3 Å². The highest BCUT2D eigenvalue weighted by Gasteiger charge is 2.31. The largest absolute Gasteiger partial charge is 0.382 e. The molecule has 1 heterocycles. The van der Waals surface area contributed by atoms with Crippen LogP contribution in [-0.4, -0.2) is 18.2 Å². The first-order valence-corrected chi connectivity index (χ1v) is 6.21. The second kappa shape index (κ2) is 4.83. The van der Waals surface area contributed by atoms with E-state index < -0.39 is 5.82 Å². The summed E-state index contributed by atoms with van der Waals surface area (Å²) in [6.45, 7) is 4.88. The first kappa shape index (κ1) is 12.7. The number of halogens is 2. The molecule has 17 heavy (non-hydrogen) atoms. The number of nitrogens with one attached hydrogen (secondary N) is 1. The van der Waals surface area contributed by atoms with E-state index in [2.05, 4.69) is 19.2 Å². The summed E-state index contributed by atoms with van der Waals surface area (Å²) in [4.78, 5) is 0. The van der Waals surface area contributed by atoms with E-state index in [9.17, 15) is 4.39 Å². The number of benzene rings is 1. The van der Waals surface area contributed by atoms with Gasteiger partial charge < -0.3 is 10.1 Å². The fraction of sp³-hybridized carbons (Fsp3) is 0.538. The fourth-order valence-electron chi connectivity index (χ4n) is 2.06. The normalized spacial score (nSPS) is 22.7. The van der Waals surface area contributed by atoms with E-state index in [0.717, 1.165) is 18.5 Å². The molecule has 94 valence electrons. The molecule has 0 amide bonds. The van der Waals surface area contributed by atoms with Crippen LogP contribution in [0.1, 0.15) is 26.7 Å². The maximum absolute atomic E-state index is 13.2. The van der Waals surface area contributed by atoms with Gasteiger partial charge in [-0.15, -0.1) is 0 Å². The Balaban J connectivity index is 1.88. The summed E-state index contributed by atoms with van der Waals surface area (Å²) in [5.74, 6) is -0.399. The molecule has 2 rings (SSSR count). The molecule has 1 atom stereocenters. The molecule has 0 bridgehead atoms. The Hall–Kier alpha value is -0.800. The molecule has 1 aliphatic heterocycles. The molecular weight excluding hydrogens is 241 g/mol. The summed E-state index contributed by atoms with van der Waals surface area (Å²) in [5.41, 5.74) is 0.706. The van der Waals surface area contributed by atoms with Crippen LogP contribution in [0.3, 0.4) is 0 Å². The summed E-state index contributed by atoms with van der Waals surface area (Å²) in [6, 6.07) is 4.73. The minimum atomic E-state index is -0.399. The summed E-state index contributed by atoms with van der Waals surface area (Å²) in [7, 11) is 0. The maximum atomic E-state index is 13.2. The summed E-state index contributed by atoms with van der Waals surface area (Å²) in [6.07, 6.45) is 2.30. The van der Waals surface area contributed by atoms with Gasteiger partial charge in [-0.05, 0) is 44.9 Å². The monoisotopic (exact) mass is 257 g/mol. The van der Waals surface area contributed by atoms with Crippen LogP contribution in [0.25, 0.3) is 0 Å². The van der Waals surface area contributed by atoms with Gasteiger partial charge in [0, 0.05) is 12.2 Å². The Morgan fingerprint density at radius 2 is 2.29 bits per heavy atom. The molecule has 2 nitrogen and oxygen atoms in total. The third-order valence-corrected chi connectivity index (χ3v) is 3.31. The molecule has 1 unspecified atom stereocenters. The highest BCUT2D eigenvalue weighted by Crippen LogP contribution is 2.29. The molecule has 0 spiro atoms. The zero-order chi connectivity index (χ0) is 12.5. The molecule has 0 aliphatic carbocycles. The lowest BCUT2D eigenvalue weighted by Gasteiger charge is -2.19. The fourth-order valence-corrected chi connectivity index (χ4v) is 2.18. The number of hydrogen-bond acceptors (Lipinski definition) is 2. The highest BCUT2D eigenvalue weighted by atomic mass is 35.5. The van der Waals surface area contributed by atoms with Crippen LogP contribution in [0.15, 0.2) is 18.2 Å². The molecule has 1 N–H and O–H groups in total. The molecule has 1 aromatic carbocycles. The zero-order valence-corrected chi connectivity index (χ0v) is 10.9. The van der Waals surface area contributed by atoms with Crippen molar-refractivity contribution in [1.29, 1.82) is 0 Å². The van der Waals surface area contributed by atoms with Crippen molar-refractivity contribution < 1.29 is 9.13 Å². The van der Waals surface area contributed by atoms with E-state index in [-0.39, 0.29) is 16.7 Å². The Morgan fingerprint density at radius 1 is 1.53 bits per heavy atom. The predicted molar refractivity (Wildman–Crippen MR) is 68.1 cm³/mol. The van der Waals surface area contributed by atoms with Gasteiger partial charge >= 0.3 is 0 Å². The molecule has 1 aromatic rings. The first-order chi connectivity index (χ1) is 7.96. The molecular formula is C13H17ClFNO. The van der Waals surface area contributed by atoms with Crippen LogP contribution in [0.4, 0.5) is 10.1 Å². The maximum Gasteiger partial charge on any atom is 0.143 e. The first-order valence-electron chi connectivity index (χ1n) is 5.83. The van der Waals surface area contributed by atoms with Gasteiger partial charge in [-0.3, -0.25) is 0 Å². The van der Waals surface area contributed by atoms with Gasteiger partial charge in [0.1, 0.15) is 5.82 Å². The third kappa shape index (κ3) is 3.33. The van der Waals surface area contributed by atoms with Crippen molar-refractivity contribution in [2.75, 3.05) is 11.9 Å². The smallest absolute Gasteiger partial charge is 0.143 e. The average molecular weight is 258 g/mol. The summed E-state index contributed by atoms with van der Waals surface area (Å²) >= 11 is 5.62. The van der Waals surface area contributed by atoms with Gasteiger partial charge in [-0.2, -0.15) is 0 Å². The van der Waals surface area contributed by atoms with Crippen LogP contribution >= 0.6 is 11.6 Å². The van der Waals surface area contributed by atoms with E-state index in [1.54, 1.807) is 12.1 Å². The molecule has 1 saturated heterocycles. The molecule has 1 aliphatic rings. The number of hydrogen-bond donors (Lipinski definition) is 1. The highest BCUT2D eigenvalue weighted by molar-refractivity contribution is 6.30. The van der Waals surface area contributed by atoms with E-state index >= 15 is 0 Å². The van der Waals surface area contributed by atoms with Gasteiger partial charge in [0.15, 0.2) is 0 Å². The Labute approximate surface area is 106 Å². The van der Waals surface area contributed by atoms with Crippen molar-refractivity contribution in [3.8, 4) is 0 Å². The lowest BCUT2D eigenvalue weighted by atomic mass is 10.1. The topological polar surface area (TPSA) is 21.3 Å². The Kier molecular flexibility index (Phi) is 3.59. The minimum Gasteiger partial charge on any atom is -0.382 e. The molecule has 0 saturated carbocycles. The van der Waals surface area contributed by atoms with Crippen LogP contribution in [-0.2, 0) is 4.74 Å². The lowest BCUT2D eigenvalue weighted by molar-refractivity contribution is -0.00911. The molecule has 0 radical (unpaired) electrons. The van der Waals surface area contributed by atoms with Crippen molar-refractivity contribution in [1.82, 2.24) is 0 Å². The lowest BCUT2D eigenvalue weighted by Crippen LogP contribution is -2.24. The second-order valence-corrected chi connectivity index (χ2v) is 5.46. The van der Waals surface area contributed by atoms with Gasteiger partial charge in [0.05, 0.1) is 16.7 Å². The number of anilines is 1. The predicted octanol–water partition coefficient (Wildman–Crippen LogP) is 3.85. The van der Waals surface area contributed by atoms with Crippen molar-refractivity contribution in [2.24, 2.45) is 0 Å². The van der Waals surface area contributed by atoms with Gasteiger partial charge in [0.2, 0.25) is 0 Å². The summed E-state index contributed by atoms with van der Waals surface area (Å²) < 4.78 is 19.0. The van der Waals surface area contributed by atoms with Crippen molar-refractivity contribution in [2.45, 2.75) is 38.4 Å². The Bertz CT molecular complexity index is 408. The average Bonchev–Trinajstić information content (AvgIpc) is 2.60. The summed E-state index contributed by atoms with van der Waals surface area (Å²) in [5, 5.41) is 3.32. The minimum absolute atomic E-state index is 0.0302. The number of ether oxygens (including phenoxy) is 1. The van der Waals surface area contributed by atoms with Crippen LogP contribution in [0.2, 0.25) is 5.02 Å². The van der Waals surface area contributed by atoms with Crippen LogP contribution in [0.5, 0.6) is 0 Å². The van der Waals surface area contributed by atoms with Crippen molar-refractivity contribution in [3.05, 3.63) is 29.0 Å².